The third kappa shape index (κ3) is 3.44. The van der Waals surface area contributed by atoms with E-state index >= 15 is 0 Å². The standard InChI is InChI=1S/C22H27NO6/c1-26-17-9-14(10-18(27-2)21(17)28-3)11-20(24)23-15-6-7-16(23)13-22(25,12-15)19-5-4-8-29-19/h4-5,8-10,15-16,25H,6-7,11-13H2,1-3H3/t15-,16-/m0/s1. The molecule has 2 saturated heterocycles. The lowest BCUT2D eigenvalue weighted by Crippen LogP contribution is -2.52. The molecule has 7 heteroatoms. The van der Waals surface area contributed by atoms with Crippen LogP contribution in [0.2, 0.25) is 0 Å². The number of methoxy groups -OCH3 is 3. The van der Waals surface area contributed by atoms with E-state index in [0.717, 1.165) is 18.4 Å². The molecule has 0 aliphatic carbocycles. The Hall–Kier alpha value is -2.67. The molecule has 0 radical (unpaired) electrons. The minimum atomic E-state index is -1.00. The first-order valence-corrected chi connectivity index (χ1v) is 9.85. The zero-order valence-corrected chi connectivity index (χ0v) is 17.0. The molecule has 29 heavy (non-hydrogen) atoms. The maximum atomic E-state index is 13.2. The topological polar surface area (TPSA) is 81.4 Å². The van der Waals surface area contributed by atoms with Crippen LogP contribution in [0.15, 0.2) is 34.9 Å². The minimum Gasteiger partial charge on any atom is -0.493 e. The molecule has 2 aliphatic rings. The Bertz CT molecular complexity index is 838. The van der Waals surface area contributed by atoms with Crippen LogP contribution in [0.1, 0.15) is 37.0 Å². The fourth-order valence-corrected chi connectivity index (χ4v) is 4.88. The SMILES string of the molecule is COc1cc(CC(=O)N2[C@H]3CC[C@H]2CC(O)(c2ccco2)C3)cc(OC)c1OC. The lowest BCUT2D eigenvalue weighted by Gasteiger charge is -2.43. The average Bonchev–Trinajstić information content (AvgIpc) is 3.35. The number of fused-ring (bicyclic) bond motifs is 2. The molecule has 4 rings (SSSR count). The van der Waals surface area contributed by atoms with Gasteiger partial charge in [-0.3, -0.25) is 4.79 Å². The number of rotatable bonds is 6. The third-order valence-corrected chi connectivity index (χ3v) is 6.11. The van der Waals surface area contributed by atoms with Gasteiger partial charge in [-0.15, -0.1) is 0 Å². The van der Waals surface area contributed by atoms with Crippen molar-refractivity contribution in [3.8, 4) is 17.2 Å². The number of nitrogens with zero attached hydrogens (tertiary/aromatic N) is 1. The lowest BCUT2D eigenvalue weighted by molar-refractivity contribution is -0.142. The predicted octanol–water partition coefficient (Wildman–Crippen LogP) is 2.89. The fourth-order valence-electron chi connectivity index (χ4n) is 4.88. The van der Waals surface area contributed by atoms with Crippen molar-refractivity contribution < 1.29 is 28.5 Å². The van der Waals surface area contributed by atoms with E-state index < -0.39 is 5.60 Å². The number of hydrogen-bond acceptors (Lipinski definition) is 6. The van der Waals surface area contributed by atoms with Gasteiger partial charge in [0.1, 0.15) is 11.4 Å². The molecule has 1 amide bonds. The summed E-state index contributed by atoms with van der Waals surface area (Å²) in [5, 5.41) is 11.1. The van der Waals surface area contributed by atoms with Crippen molar-refractivity contribution in [2.24, 2.45) is 0 Å². The zero-order valence-electron chi connectivity index (χ0n) is 17.0. The van der Waals surface area contributed by atoms with E-state index in [2.05, 4.69) is 0 Å². The number of piperidine rings is 1. The summed E-state index contributed by atoms with van der Waals surface area (Å²) in [7, 11) is 4.67. The van der Waals surface area contributed by atoms with Crippen LogP contribution < -0.4 is 14.2 Å². The Kier molecular flexibility index (Phi) is 5.17. The molecular formula is C22H27NO6. The van der Waals surface area contributed by atoms with Gasteiger partial charge < -0.3 is 28.6 Å². The first-order chi connectivity index (χ1) is 14.0. The summed E-state index contributed by atoms with van der Waals surface area (Å²) in [5.41, 5.74) is -0.200. The first-order valence-electron chi connectivity index (χ1n) is 9.85. The number of amides is 1. The van der Waals surface area contributed by atoms with Crippen LogP contribution in [-0.4, -0.2) is 49.3 Å². The van der Waals surface area contributed by atoms with Crippen molar-refractivity contribution >= 4 is 5.91 Å². The molecule has 0 spiro atoms. The highest BCUT2D eigenvalue weighted by molar-refractivity contribution is 5.80. The van der Waals surface area contributed by atoms with Crippen molar-refractivity contribution in [1.29, 1.82) is 0 Å². The van der Waals surface area contributed by atoms with E-state index in [9.17, 15) is 9.90 Å². The summed E-state index contributed by atoms with van der Waals surface area (Å²) in [6.07, 6.45) is 4.61. The number of ether oxygens (including phenoxy) is 3. The van der Waals surface area contributed by atoms with Crippen molar-refractivity contribution in [3.63, 3.8) is 0 Å². The summed E-state index contributed by atoms with van der Waals surface area (Å²) < 4.78 is 21.6. The van der Waals surface area contributed by atoms with E-state index in [1.807, 2.05) is 23.1 Å². The molecule has 1 N–H and O–H groups in total. The second kappa shape index (κ2) is 7.63. The van der Waals surface area contributed by atoms with Crippen LogP contribution in [0, 0.1) is 0 Å². The minimum absolute atomic E-state index is 0.0124. The Morgan fingerprint density at radius 3 is 2.24 bits per heavy atom. The normalized spacial score (nSPS) is 25.7. The van der Waals surface area contributed by atoms with E-state index in [0.29, 0.717) is 35.9 Å². The van der Waals surface area contributed by atoms with Gasteiger partial charge >= 0.3 is 0 Å². The van der Waals surface area contributed by atoms with Gasteiger partial charge in [0.2, 0.25) is 11.7 Å². The van der Waals surface area contributed by atoms with Crippen LogP contribution >= 0.6 is 0 Å². The van der Waals surface area contributed by atoms with Gasteiger partial charge in [0.05, 0.1) is 34.0 Å². The molecular weight excluding hydrogens is 374 g/mol. The van der Waals surface area contributed by atoms with Crippen LogP contribution in [0.25, 0.3) is 0 Å². The fraction of sp³-hybridized carbons (Fsp3) is 0.500. The maximum absolute atomic E-state index is 13.2. The van der Waals surface area contributed by atoms with Gasteiger partial charge in [-0.2, -0.15) is 0 Å². The predicted molar refractivity (Wildman–Crippen MR) is 105 cm³/mol. The quantitative estimate of drug-likeness (QED) is 0.802. The van der Waals surface area contributed by atoms with Crippen molar-refractivity contribution in [2.45, 2.75) is 49.8 Å². The molecule has 0 saturated carbocycles. The Balaban J connectivity index is 1.53. The number of carbonyl (C=O) groups excluding carboxylic acids is 1. The number of hydrogen-bond donors (Lipinski definition) is 1. The monoisotopic (exact) mass is 401 g/mol. The molecule has 2 atom stereocenters. The number of benzene rings is 1. The van der Waals surface area contributed by atoms with E-state index in [1.165, 1.54) is 0 Å². The summed E-state index contributed by atoms with van der Waals surface area (Å²) in [6, 6.07) is 7.25. The van der Waals surface area contributed by atoms with E-state index in [1.54, 1.807) is 33.7 Å². The third-order valence-electron chi connectivity index (χ3n) is 6.11. The van der Waals surface area contributed by atoms with E-state index in [4.69, 9.17) is 18.6 Å². The first kappa shape index (κ1) is 19.6. The highest BCUT2D eigenvalue weighted by atomic mass is 16.5. The molecule has 7 nitrogen and oxygen atoms in total. The second-order valence-electron chi connectivity index (χ2n) is 7.81. The highest BCUT2D eigenvalue weighted by Gasteiger charge is 2.51. The largest absolute Gasteiger partial charge is 0.493 e. The Labute approximate surface area is 170 Å². The zero-order chi connectivity index (χ0) is 20.6. The van der Waals surface area contributed by atoms with E-state index in [-0.39, 0.29) is 24.4 Å². The molecule has 1 aromatic heterocycles. The van der Waals surface area contributed by atoms with Gasteiger partial charge in [-0.1, -0.05) is 0 Å². The van der Waals surface area contributed by atoms with Gasteiger partial charge in [-0.25, -0.2) is 0 Å². The molecule has 0 unspecified atom stereocenters. The second-order valence-corrected chi connectivity index (χ2v) is 7.81. The average molecular weight is 401 g/mol. The summed E-state index contributed by atoms with van der Waals surface area (Å²) in [5.74, 6) is 2.21. The lowest BCUT2D eigenvalue weighted by atomic mass is 9.84. The smallest absolute Gasteiger partial charge is 0.227 e. The maximum Gasteiger partial charge on any atom is 0.227 e. The summed E-state index contributed by atoms with van der Waals surface area (Å²) in [6.45, 7) is 0. The Morgan fingerprint density at radius 2 is 1.76 bits per heavy atom. The van der Waals surface area contributed by atoms with Crippen LogP contribution in [0.4, 0.5) is 0 Å². The molecule has 2 aromatic rings. The highest BCUT2D eigenvalue weighted by Crippen LogP contribution is 2.46. The Morgan fingerprint density at radius 1 is 1.14 bits per heavy atom. The summed E-state index contributed by atoms with van der Waals surface area (Å²) >= 11 is 0. The molecule has 156 valence electrons. The van der Waals surface area contributed by atoms with Gasteiger partial charge in [-0.05, 0) is 42.7 Å². The molecule has 1 aromatic carbocycles. The van der Waals surface area contributed by atoms with Gasteiger partial charge in [0.25, 0.3) is 0 Å². The van der Waals surface area contributed by atoms with Crippen LogP contribution in [0.3, 0.4) is 0 Å². The number of furan rings is 1. The van der Waals surface area contributed by atoms with Gasteiger partial charge in [0, 0.05) is 24.9 Å². The van der Waals surface area contributed by atoms with Gasteiger partial charge in [0.15, 0.2) is 11.5 Å². The van der Waals surface area contributed by atoms with Crippen LogP contribution in [-0.2, 0) is 16.8 Å². The van der Waals surface area contributed by atoms with Crippen molar-refractivity contribution in [2.75, 3.05) is 21.3 Å². The summed E-state index contributed by atoms with van der Waals surface area (Å²) in [4.78, 5) is 15.1. The number of aliphatic hydroxyl groups is 1. The molecule has 3 heterocycles. The van der Waals surface area contributed by atoms with Crippen molar-refractivity contribution in [1.82, 2.24) is 4.90 Å². The molecule has 2 fully saturated rings. The number of carbonyl (C=O) groups is 1. The molecule has 2 aliphatic heterocycles. The van der Waals surface area contributed by atoms with Crippen LogP contribution in [0.5, 0.6) is 17.2 Å². The molecule has 2 bridgehead atoms. The van der Waals surface area contributed by atoms with Crippen molar-refractivity contribution in [3.05, 3.63) is 41.9 Å².